The molecule has 1 nitrogen and oxygen atoms in total. The Kier molecular flexibility index (Phi) is 5.73. The number of aromatic nitrogens is 1. The van der Waals surface area contributed by atoms with E-state index >= 15 is 0 Å². The molecule has 1 aromatic carbocycles. The van der Waals surface area contributed by atoms with E-state index in [1.54, 1.807) is 11.3 Å². The third-order valence-electron chi connectivity index (χ3n) is 1.77. The summed E-state index contributed by atoms with van der Waals surface area (Å²) in [5.74, 6) is 2.21. The van der Waals surface area contributed by atoms with Crippen molar-refractivity contribution in [3.8, 4) is 0 Å². The van der Waals surface area contributed by atoms with Crippen LogP contribution in [0.15, 0.2) is 24.3 Å². The number of fused-ring (bicyclic) bond motifs is 1. The van der Waals surface area contributed by atoms with E-state index in [-0.39, 0.29) is 0 Å². The van der Waals surface area contributed by atoms with E-state index in [1.807, 2.05) is 31.7 Å². The number of thiazole rings is 1. The number of para-hydroxylation sites is 1. The summed E-state index contributed by atoms with van der Waals surface area (Å²) in [5.41, 5.74) is 1.14. The van der Waals surface area contributed by atoms with Crippen molar-refractivity contribution in [2.75, 3.05) is 5.75 Å². The lowest BCUT2D eigenvalue weighted by Gasteiger charge is -1.89. The maximum atomic E-state index is 4.55. The molecule has 0 bridgehead atoms. The van der Waals surface area contributed by atoms with Crippen molar-refractivity contribution in [3.05, 3.63) is 29.3 Å². The molecule has 0 unspecified atom stereocenters. The average molecular weight is 239 g/mol. The first-order valence-corrected chi connectivity index (χ1v) is 7.29. The van der Waals surface area contributed by atoms with Gasteiger partial charge in [0.2, 0.25) is 0 Å². The lowest BCUT2D eigenvalue weighted by atomic mass is 10.3. The predicted molar refractivity (Wildman–Crippen MR) is 72.8 cm³/mol. The molecule has 0 aliphatic carbocycles. The molecule has 0 N–H and O–H groups in total. The average Bonchev–Trinajstić information content (AvgIpc) is 2.71. The van der Waals surface area contributed by atoms with E-state index in [0.29, 0.717) is 0 Å². The van der Waals surface area contributed by atoms with Crippen molar-refractivity contribution in [1.82, 2.24) is 4.98 Å². The number of thioether (sulfide) groups is 1. The first-order valence-electron chi connectivity index (χ1n) is 5.32. The Morgan fingerprint density at radius 3 is 2.67 bits per heavy atom. The van der Waals surface area contributed by atoms with Crippen molar-refractivity contribution in [2.24, 2.45) is 0 Å². The summed E-state index contributed by atoms with van der Waals surface area (Å²) in [7, 11) is 0. The minimum atomic E-state index is 1.05. The van der Waals surface area contributed by atoms with Crippen LogP contribution in [0.1, 0.15) is 25.8 Å². The second-order valence-electron chi connectivity index (χ2n) is 2.71. The molecule has 0 aliphatic rings. The fraction of sp³-hybridized carbons (Fsp3) is 0.417. The Morgan fingerprint density at radius 2 is 2.00 bits per heavy atom. The second-order valence-corrected chi connectivity index (χ2v) is 5.10. The van der Waals surface area contributed by atoms with E-state index in [1.165, 1.54) is 9.71 Å². The van der Waals surface area contributed by atoms with Crippen LogP contribution in [-0.4, -0.2) is 10.7 Å². The molecule has 0 saturated carbocycles. The van der Waals surface area contributed by atoms with Gasteiger partial charge in [-0.05, 0) is 17.9 Å². The molecule has 1 heterocycles. The van der Waals surface area contributed by atoms with Crippen LogP contribution in [0.4, 0.5) is 0 Å². The smallest absolute Gasteiger partial charge is 0.104 e. The molecule has 15 heavy (non-hydrogen) atoms. The highest BCUT2D eigenvalue weighted by Crippen LogP contribution is 2.24. The van der Waals surface area contributed by atoms with Crippen LogP contribution in [0.3, 0.4) is 0 Å². The molecule has 0 fully saturated rings. The molecule has 2 rings (SSSR count). The summed E-state index contributed by atoms with van der Waals surface area (Å²) in [6.45, 7) is 6.18. The molecule has 1 aromatic heterocycles. The maximum Gasteiger partial charge on any atom is 0.104 e. The van der Waals surface area contributed by atoms with Crippen LogP contribution >= 0.6 is 23.1 Å². The minimum Gasteiger partial charge on any atom is -0.240 e. The van der Waals surface area contributed by atoms with Gasteiger partial charge in [-0.1, -0.05) is 32.9 Å². The number of rotatable bonds is 3. The van der Waals surface area contributed by atoms with Crippen molar-refractivity contribution >= 4 is 33.3 Å². The first kappa shape index (κ1) is 12.5. The van der Waals surface area contributed by atoms with E-state index in [9.17, 15) is 0 Å². The number of hydrogen-bond acceptors (Lipinski definition) is 3. The lowest BCUT2D eigenvalue weighted by Crippen LogP contribution is -1.77. The van der Waals surface area contributed by atoms with Gasteiger partial charge in [0.15, 0.2) is 0 Å². The largest absolute Gasteiger partial charge is 0.240 e. The lowest BCUT2D eigenvalue weighted by molar-refractivity contribution is 1.30. The van der Waals surface area contributed by atoms with Crippen LogP contribution < -0.4 is 0 Å². The summed E-state index contributed by atoms with van der Waals surface area (Å²) in [5, 5.41) is 1.24. The molecule has 0 atom stereocenters. The van der Waals surface area contributed by atoms with Crippen LogP contribution in [0, 0.1) is 0 Å². The second kappa shape index (κ2) is 6.85. The van der Waals surface area contributed by atoms with Crippen LogP contribution in [0.2, 0.25) is 0 Å². The molecule has 0 radical (unpaired) electrons. The zero-order valence-electron chi connectivity index (χ0n) is 9.49. The number of benzene rings is 1. The molecule has 3 heteroatoms. The van der Waals surface area contributed by atoms with Crippen LogP contribution in [-0.2, 0) is 5.75 Å². The Hall–Kier alpha value is -0.540. The first-order chi connectivity index (χ1) is 7.40. The van der Waals surface area contributed by atoms with Gasteiger partial charge >= 0.3 is 0 Å². The minimum absolute atomic E-state index is 1.05. The standard InChI is InChI=1S/C10H11NS2.C2H6/c1-2-12-7-10-11-8-5-3-4-6-9(8)13-10;1-2/h3-6H,2,7H2,1H3;1-2H3. The fourth-order valence-electron chi connectivity index (χ4n) is 1.17. The highest BCUT2D eigenvalue weighted by molar-refractivity contribution is 7.98. The molecule has 0 aliphatic heterocycles. The van der Waals surface area contributed by atoms with Crippen molar-refractivity contribution in [1.29, 1.82) is 0 Å². The molecular weight excluding hydrogens is 222 g/mol. The number of nitrogens with zero attached hydrogens (tertiary/aromatic N) is 1. The van der Waals surface area contributed by atoms with E-state index < -0.39 is 0 Å². The van der Waals surface area contributed by atoms with Gasteiger partial charge in [-0.2, -0.15) is 11.8 Å². The predicted octanol–water partition coefficient (Wildman–Crippen LogP) is 4.58. The summed E-state index contributed by atoms with van der Waals surface area (Å²) < 4.78 is 1.30. The van der Waals surface area contributed by atoms with E-state index in [2.05, 4.69) is 30.1 Å². The van der Waals surface area contributed by atoms with Gasteiger partial charge in [0.25, 0.3) is 0 Å². The maximum absolute atomic E-state index is 4.55. The quantitative estimate of drug-likeness (QED) is 0.778. The summed E-state index contributed by atoms with van der Waals surface area (Å²) in [4.78, 5) is 4.55. The Balaban J connectivity index is 0.000000531. The molecule has 2 aromatic rings. The Labute approximate surface area is 99.9 Å². The van der Waals surface area contributed by atoms with E-state index in [0.717, 1.165) is 17.0 Å². The summed E-state index contributed by atoms with van der Waals surface area (Å²) in [6, 6.07) is 8.31. The Bertz CT molecular complexity index is 362. The van der Waals surface area contributed by atoms with Crippen LogP contribution in [0.5, 0.6) is 0 Å². The molecule has 0 amide bonds. The van der Waals surface area contributed by atoms with Gasteiger partial charge in [-0.15, -0.1) is 11.3 Å². The normalized spacial score (nSPS) is 9.80. The van der Waals surface area contributed by atoms with Gasteiger partial charge in [0, 0.05) is 5.75 Å². The van der Waals surface area contributed by atoms with Crippen molar-refractivity contribution in [2.45, 2.75) is 26.5 Å². The highest BCUT2D eigenvalue weighted by Gasteiger charge is 2.01. The highest BCUT2D eigenvalue weighted by atomic mass is 32.2. The van der Waals surface area contributed by atoms with Gasteiger partial charge in [0.05, 0.1) is 10.2 Å². The Morgan fingerprint density at radius 1 is 1.27 bits per heavy atom. The van der Waals surface area contributed by atoms with Gasteiger partial charge in [-0.3, -0.25) is 0 Å². The zero-order valence-corrected chi connectivity index (χ0v) is 11.1. The fourth-order valence-corrected chi connectivity index (χ4v) is 2.86. The topological polar surface area (TPSA) is 12.9 Å². The summed E-state index contributed by atoms with van der Waals surface area (Å²) >= 11 is 3.73. The van der Waals surface area contributed by atoms with Gasteiger partial charge in [-0.25, -0.2) is 4.98 Å². The molecule has 0 saturated heterocycles. The molecule has 0 spiro atoms. The van der Waals surface area contributed by atoms with E-state index in [4.69, 9.17) is 0 Å². The van der Waals surface area contributed by atoms with Crippen LogP contribution in [0.25, 0.3) is 10.2 Å². The zero-order chi connectivity index (χ0) is 11.1. The van der Waals surface area contributed by atoms with Gasteiger partial charge < -0.3 is 0 Å². The molecular formula is C12H17NS2. The van der Waals surface area contributed by atoms with Crippen molar-refractivity contribution in [3.63, 3.8) is 0 Å². The number of hydrogen-bond donors (Lipinski definition) is 0. The third kappa shape index (κ3) is 3.50. The summed E-state index contributed by atoms with van der Waals surface area (Å²) in [6.07, 6.45) is 0. The SMILES string of the molecule is CC.CCSCc1nc2ccccc2s1. The van der Waals surface area contributed by atoms with Gasteiger partial charge in [0.1, 0.15) is 5.01 Å². The third-order valence-corrected chi connectivity index (χ3v) is 3.87. The van der Waals surface area contributed by atoms with Crippen molar-refractivity contribution < 1.29 is 0 Å². The monoisotopic (exact) mass is 239 g/mol. The molecule has 82 valence electrons.